The number of rotatable bonds is 6. The summed E-state index contributed by atoms with van der Waals surface area (Å²) in [4.78, 5) is 2.61. The predicted molar refractivity (Wildman–Crippen MR) is 250 cm³/mol. The smallest absolute Gasteiger partial charge is 0.0619 e. The SMILES string of the molecule is CC1(C)c2ccccc2-c2ccc(N(c3cccc4c3-c3ccccc3C4(C)C)c3c(-c4ccccc4)cc(-c4cccc5ccccc45)cc3-c3ccccc3)cc21. The molecule has 11 rings (SSSR count). The molecule has 9 aromatic rings. The van der Waals surface area contributed by atoms with Gasteiger partial charge in [-0.15, -0.1) is 0 Å². The number of fused-ring (bicyclic) bond motifs is 7. The van der Waals surface area contributed by atoms with Gasteiger partial charge in [-0.25, -0.2) is 0 Å². The minimum Gasteiger partial charge on any atom is -0.309 e. The molecule has 0 amide bonds. The van der Waals surface area contributed by atoms with Crippen molar-refractivity contribution < 1.29 is 0 Å². The van der Waals surface area contributed by atoms with Crippen LogP contribution in [0.25, 0.3) is 66.4 Å². The molecular weight excluding hydrogens is 711 g/mol. The van der Waals surface area contributed by atoms with Gasteiger partial charge in [0.15, 0.2) is 0 Å². The number of hydrogen-bond donors (Lipinski definition) is 0. The zero-order chi connectivity index (χ0) is 39.9. The third-order valence-electron chi connectivity index (χ3n) is 13.3. The second-order valence-electron chi connectivity index (χ2n) is 17.3. The molecule has 0 unspecified atom stereocenters. The van der Waals surface area contributed by atoms with E-state index in [1.807, 2.05) is 0 Å². The first-order valence-corrected chi connectivity index (χ1v) is 20.9. The zero-order valence-corrected chi connectivity index (χ0v) is 34.0. The Labute approximate surface area is 347 Å². The van der Waals surface area contributed by atoms with Crippen molar-refractivity contribution in [2.75, 3.05) is 4.90 Å². The first-order chi connectivity index (χ1) is 28.8. The van der Waals surface area contributed by atoms with Crippen LogP contribution in [0.15, 0.2) is 200 Å². The first kappa shape index (κ1) is 35.2. The van der Waals surface area contributed by atoms with E-state index < -0.39 is 0 Å². The van der Waals surface area contributed by atoms with Crippen molar-refractivity contribution in [1.29, 1.82) is 0 Å². The summed E-state index contributed by atoms with van der Waals surface area (Å²) in [5, 5.41) is 2.49. The van der Waals surface area contributed by atoms with Crippen molar-refractivity contribution in [3.63, 3.8) is 0 Å². The lowest BCUT2D eigenvalue weighted by Gasteiger charge is -2.34. The Hall–Kier alpha value is -6.96. The Bertz CT molecular complexity index is 3030. The normalized spacial score (nSPS) is 14.0. The number of anilines is 3. The Morgan fingerprint density at radius 1 is 0.339 bits per heavy atom. The molecule has 0 aromatic heterocycles. The molecular formula is C58H45N. The summed E-state index contributed by atoms with van der Waals surface area (Å²) in [6, 6.07) is 74.6. The van der Waals surface area contributed by atoms with E-state index in [0.717, 1.165) is 11.4 Å². The summed E-state index contributed by atoms with van der Waals surface area (Å²) >= 11 is 0. The molecule has 282 valence electrons. The second kappa shape index (κ2) is 13.3. The lowest BCUT2D eigenvalue weighted by molar-refractivity contribution is 0.660. The first-order valence-electron chi connectivity index (χ1n) is 20.9. The highest BCUT2D eigenvalue weighted by Crippen LogP contribution is 2.58. The maximum atomic E-state index is 2.61. The fourth-order valence-corrected chi connectivity index (χ4v) is 10.3. The van der Waals surface area contributed by atoms with Gasteiger partial charge >= 0.3 is 0 Å². The molecule has 0 fully saturated rings. The standard InChI is InChI=1S/C58H45N/c1-57(2)51-30-16-14-27-47(51)55-52(57)31-18-32-54(55)59(42-33-34-46-45-26-13-15-29-50(45)58(3,4)53(46)37-42)56-48(39-19-7-5-8-20-39)35-41(36-49(56)40-21-9-6-10-22-40)44-28-17-24-38-23-11-12-25-43(38)44/h5-37H,1-4H3. The highest BCUT2D eigenvalue weighted by Gasteiger charge is 2.40. The molecule has 0 heterocycles. The molecule has 9 aromatic carbocycles. The third-order valence-corrected chi connectivity index (χ3v) is 13.3. The average molecular weight is 756 g/mol. The minimum absolute atomic E-state index is 0.155. The van der Waals surface area contributed by atoms with E-state index in [-0.39, 0.29) is 10.8 Å². The Balaban J connectivity index is 1.28. The van der Waals surface area contributed by atoms with Gasteiger partial charge in [0.05, 0.1) is 11.4 Å². The molecule has 0 atom stereocenters. The highest BCUT2D eigenvalue weighted by molar-refractivity contribution is 6.06. The topological polar surface area (TPSA) is 3.24 Å². The molecule has 1 nitrogen and oxygen atoms in total. The van der Waals surface area contributed by atoms with Gasteiger partial charge < -0.3 is 4.90 Å². The van der Waals surface area contributed by atoms with Gasteiger partial charge in [-0.1, -0.05) is 198 Å². The van der Waals surface area contributed by atoms with E-state index in [0.29, 0.717) is 0 Å². The highest BCUT2D eigenvalue weighted by atomic mass is 15.2. The summed E-state index contributed by atoms with van der Waals surface area (Å²) in [7, 11) is 0. The quantitative estimate of drug-likeness (QED) is 0.163. The van der Waals surface area contributed by atoms with Crippen molar-refractivity contribution in [2.45, 2.75) is 38.5 Å². The van der Waals surface area contributed by atoms with Crippen LogP contribution < -0.4 is 4.90 Å². The lowest BCUT2D eigenvalue weighted by Crippen LogP contribution is -2.18. The molecule has 0 radical (unpaired) electrons. The number of hydrogen-bond acceptors (Lipinski definition) is 1. The summed E-state index contributed by atoms with van der Waals surface area (Å²) in [5.74, 6) is 0. The minimum atomic E-state index is -0.163. The molecule has 59 heavy (non-hydrogen) atoms. The fraction of sp³-hybridized carbons (Fsp3) is 0.103. The van der Waals surface area contributed by atoms with Gasteiger partial charge in [0.2, 0.25) is 0 Å². The van der Waals surface area contributed by atoms with Crippen LogP contribution in [0.3, 0.4) is 0 Å². The monoisotopic (exact) mass is 755 g/mol. The van der Waals surface area contributed by atoms with Crippen LogP contribution in [-0.2, 0) is 10.8 Å². The number of nitrogens with zero attached hydrogens (tertiary/aromatic N) is 1. The molecule has 0 aliphatic heterocycles. The maximum absolute atomic E-state index is 2.61. The van der Waals surface area contributed by atoms with Crippen LogP contribution >= 0.6 is 0 Å². The Morgan fingerprint density at radius 2 is 0.847 bits per heavy atom. The van der Waals surface area contributed by atoms with Crippen molar-refractivity contribution in [3.05, 3.63) is 222 Å². The predicted octanol–water partition coefficient (Wildman–Crippen LogP) is 15.9. The number of benzene rings is 9. The molecule has 0 bridgehead atoms. The van der Waals surface area contributed by atoms with Crippen LogP contribution in [0.4, 0.5) is 17.1 Å². The van der Waals surface area contributed by atoms with Gasteiger partial charge in [0, 0.05) is 33.2 Å². The third kappa shape index (κ3) is 5.38. The maximum Gasteiger partial charge on any atom is 0.0619 e. The van der Waals surface area contributed by atoms with E-state index in [1.165, 1.54) is 94.3 Å². The van der Waals surface area contributed by atoms with E-state index in [9.17, 15) is 0 Å². The molecule has 2 aliphatic rings. The Morgan fingerprint density at radius 3 is 1.56 bits per heavy atom. The summed E-state index contributed by atoms with van der Waals surface area (Å²) < 4.78 is 0. The van der Waals surface area contributed by atoms with Crippen LogP contribution in [-0.4, -0.2) is 0 Å². The van der Waals surface area contributed by atoms with Crippen LogP contribution in [0, 0.1) is 0 Å². The van der Waals surface area contributed by atoms with Crippen LogP contribution in [0.5, 0.6) is 0 Å². The molecule has 0 saturated heterocycles. The van der Waals surface area contributed by atoms with Crippen molar-refractivity contribution in [2.24, 2.45) is 0 Å². The van der Waals surface area contributed by atoms with E-state index >= 15 is 0 Å². The van der Waals surface area contributed by atoms with Crippen molar-refractivity contribution in [3.8, 4) is 55.6 Å². The average Bonchev–Trinajstić information content (AvgIpc) is 3.66. The van der Waals surface area contributed by atoms with Gasteiger partial charge in [-0.2, -0.15) is 0 Å². The molecule has 0 N–H and O–H groups in total. The summed E-state index contributed by atoms with van der Waals surface area (Å²) in [5.41, 5.74) is 21.0. The van der Waals surface area contributed by atoms with Gasteiger partial charge in [-0.3, -0.25) is 0 Å². The van der Waals surface area contributed by atoms with Crippen LogP contribution in [0.2, 0.25) is 0 Å². The summed E-state index contributed by atoms with van der Waals surface area (Å²) in [6.45, 7) is 9.53. The Kier molecular flexibility index (Phi) is 7.94. The molecule has 0 spiro atoms. The molecule has 2 aliphatic carbocycles. The van der Waals surface area contributed by atoms with E-state index in [4.69, 9.17) is 0 Å². The van der Waals surface area contributed by atoms with Gasteiger partial charge in [0.25, 0.3) is 0 Å². The summed E-state index contributed by atoms with van der Waals surface area (Å²) in [6.07, 6.45) is 0. The fourth-order valence-electron chi connectivity index (χ4n) is 10.3. The largest absolute Gasteiger partial charge is 0.309 e. The van der Waals surface area contributed by atoms with E-state index in [2.05, 4.69) is 233 Å². The van der Waals surface area contributed by atoms with E-state index in [1.54, 1.807) is 0 Å². The molecule has 1 heteroatoms. The van der Waals surface area contributed by atoms with Crippen LogP contribution in [0.1, 0.15) is 49.9 Å². The zero-order valence-electron chi connectivity index (χ0n) is 34.0. The lowest BCUT2D eigenvalue weighted by atomic mass is 9.82. The van der Waals surface area contributed by atoms with Gasteiger partial charge in [0.1, 0.15) is 0 Å². The van der Waals surface area contributed by atoms with Crippen molar-refractivity contribution >= 4 is 27.8 Å². The van der Waals surface area contributed by atoms with Gasteiger partial charge in [-0.05, 0) is 102 Å². The van der Waals surface area contributed by atoms with Crippen molar-refractivity contribution in [1.82, 2.24) is 0 Å². The second-order valence-corrected chi connectivity index (χ2v) is 17.3. The molecule has 0 saturated carbocycles.